The zero-order chi connectivity index (χ0) is 15.6. The Bertz CT molecular complexity index is 683. The van der Waals surface area contributed by atoms with E-state index in [4.69, 9.17) is 0 Å². The summed E-state index contributed by atoms with van der Waals surface area (Å²) in [5, 5.41) is 21.6. The number of benzene rings is 2. The normalized spacial score (nSPS) is 10.7. The zero-order valence-corrected chi connectivity index (χ0v) is 11.7. The van der Waals surface area contributed by atoms with Gasteiger partial charge in [-0.05, 0) is 35.4 Å². The largest absolute Gasteiger partial charge is 0.506 e. The van der Waals surface area contributed by atoms with Gasteiger partial charge in [0.15, 0.2) is 11.6 Å². The quantitative estimate of drug-likeness (QED) is 0.757. The number of nitrogens with one attached hydrogen (secondary N) is 1. The molecule has 1 amide bonds. The maximum Gasteiger partial charge on any atom is 0.227 e. The molecule has 0 saturated heterocycles. The Balaban J connectivity index is 2.38. The minimum absolute atomic E-state index is 0.0630. The van der Waals surface area contributed by atoms with Crippen molar-refractivity contribution >= 4 is 11.6 Å². The van der Waals surface area contributed by atoms with Crippen LogP contribution in [0.1, 0.15) is 13.8 Å². The van der Waals surface area contributed by atoms with E-state index in [-0.39, 0.29) is 23.3 Å². The molecule has 0 spiro atoms. The molecule has 0 aliphatic rings. The Hall–Kier alpha value is -2.56. The third-order valence-corrected chi connectivity index (χ3v) is 3.06. The highest BCUT2D eigenvalue weighted by Gasteiger charge is 2.12. The van der Waals surface area contributed by atoms with Crippen molar-refractivity contribution in [2.75, 3.05) is 5.32 Å². The molecule has 5 heteroatoms. The number of carbonyl (C=O) groups excluding carboxylic acids is 1. The fourth-order valence-electron chi connectivity index (χ4n) is 1.78. The molecule has 0 aliphatic carbocycles. The van der Waals surface area contributed by atoms with E-state index in [2.05, 4.69) is 5.32 Å². The number of hydrogen-bond donors (Lipinski definition) is 3. The third kappa shape index (κ3) is 3.31. The van der Waals surface area contributed by atoms with Crippen LogP contribution in [0.5, 0.6) is 11.5 Å². The number of amides is 1. The molecule has 0 atom stereocenters. The van der Waals surface area contributed by atoms with Crippen molar-refractivity contribution < 1.29 is 19.4 Å². The summed E-state index contributed by atoms with van der Waals surface area (Å²) >= 11 is 0. The van der Waals surface area contributed by atoms with Crippen molar-refractivity contribution in [3.63, 3.8) is 0 Å². The van der Waals surface area contributed by atoms with E-state index in [0.717, 1.165) is 0 Å². The van der Waals surface area contributed by atoms with E-state index >= 15 is 0 Å². The molecule has 2 aromatic carbocycles. The van der Waals surface area contributed by atoms with Crippen LogP contribution in [0.3, 0.4) is 0 Å². The molecule has 0 heterocycles. The predicted octanol–water partition coefficient (Wildman–Crippen LogP) is 3.50. The van der Waals surface area contributed by atoms with E-state index in [1.54, 1.807) is 32.0 Å². The van der Waals surface area contributed by atoms with E-state index in [0.29, 0.717) is 11.1 Å². The molecule has 0 radical (unpaired) electrons. The maximum atomic E-state index is 13.4. The van der Waals surface area contributed by atoms with Crippen molar-refractivity contribution in [1.82, 2.24) is 0 Å². The molecule has 0 aromatic heterocycles. The lowest BCUT2D eigenvalue weighted by molar-refractivity contribution is -0.118. The molecular formula is C16H16FNO3. The lowest BCUT2D eigenvalue weighted by Gasteiger charge is -2.11. The van der Waals surface area contributed by atoms with Crippen molar-refractivity contribution in [2.45, 2.75) is 13.8 Å². The second kappa shape index (κ2) is 5.83. The number of phenols is 2. The minimum Gasteiger partial charge on any atom is -0.506 e. The molecule has 0 fully saturated rings. The fourth-order valence-corrected chi connectivity index (χ4v) is 1.78. The molecule has 0 bridgehead atoms. The summed E-state index contributed by atoms with van der Waals surface area (Å²) in [5.41, 5.74) is 1.41. The summed E-state index contributed by atoms with van der Waals surface area (Å²) < 4.78 is 13.4. The topological polar surface area (TPSA) is 69.6 Å². The Morgan fingerprint density at radius 2 is 1.62 bits per heavy atom. The van der Waals surface area contributed by atoms with Gasteiger partial charge >= 0.3 is 0 Å². The Kier molecular flexibility index (Phi) is 4.12. The van der Waals surface area contributed by atoms with E-state index in [1.165, 1.54) is 18.2 Å². The van der Waals surface area contributed by atoms with Gasteiger partial charge in [-0.2, -0.15) is 0 Å². The highest BCUT2D eigenvalue weighted by molar-refractivity contribution is 5.94. The van der Waals surface area contributed by atoms with Gasteiger partial charge in [-0.15, -0.1) is 0 Å². The average molecular weight is 289 g/mol. The number of rotatable bonds is 3. The summed E-state index contributed by atoms with van der Waals surface area (Å²) in [7, 11) is 0. The predicted molar refractivity (Wildman–Crippen MR) is 78.6 cm³/mol. The SMILES string of the molecule is CC(C)C(=O)Nc1cc(-c2ccc(O)c(F)c2)ccc1O. The molecule has 0 unspecified atom stereocenters. The zero-order valence-electron chi connectivity index (χ0n) is 11.7. The van der Waals surface area contributed by atoms with Crippen LogP contribution in [-0.4, -0.2) is 16.1 Å². The van der Waals surface area contributed by atoms with Gasteiger partial charge in [-0.1, -0.05) is 26.0 Å². The number of aromatic hydroxyl groups is 2. The molecular weight excluding hydrogens is 273 g/mol. The van der Waals surface area contributed by atoms with Crippen LogP contribution in [0.15, 0.2) is 36.4 Å². The average Bonchev–Trinajstić information content (AvgIpc) is 2.44. The number of halogens is 1. The summed E-state index contributed by atoms with van der Waals surface area (Å²) in [6, 6.07) is 8.59. The van der Waals surface area contributed by atoms with Crippen LogP contribution in [0.25, 0.3) is 11.1 Å². The molecule has 21 heavy (non-hydrogen) atoms. The molecule has 3 N–H and O–H groups in total. The second-order valence-corrected chi connectivity index (χ2v) is 5.04. The van der Waals surface area contributed by atoms with E-state index in [9.17, 15) is 19.4 Å². The first-order valence-corrected chi connectivity index (χ1v) is 6.51. The summed E-state index contributed by atoms with van der Waals surface area (Å²) in [5.74, 6) is -1.66. The Morgan fingerprint density at radius 3 is 2.19 bits per heavy atom. The van der Waals surface area contributed by atoms with Crippen molar-refractivity contribution in [2.24, 2.45) is 5.92 Å². The lowest BCUT2D eigenvalue weighted by atomic mass is 10.0. The number of hydrogen-bond acceptors (Lipinski definition) is 3. The van der Waals surface area contributed by atoms with E-state index in [1.807, 2.05) is 0 Å². The molecule has 110 valence electrons. The molecule has 2 rings (SSSR count). The van der Waals surface area contributed by atoms with Gasteiger partial charge in [0.25, 0.3) is 0 Å². The first-order valence-electron chi connectivity index (χ1n) is 6.51. The number of phenolic OH excluding ortho intramolecular Hbond substituents is 2. The van der Waals surface area contributed by atoms with Gasteiger partial charge in [0.05, 0.1) is 5.69 Å². The van der Waals surface area contributed by atoms with Crippen LogP contribution in [-0.2, 0) is 4.79 Å². The smallest absolute Gasteiger partial charge is 0.227 e. The van der Waals surface area contributed by atoms with Crippen LogP contribution in [0.2, 0.25) is 0 Å². The lowest BCUT2D eigenvalue weighted by Crippen LogP contribution is -2.17. The second-order valence-electron chi connectivity index (χ2n) is 5.04. The molecule has 2 aromatic rings. The summed E-state index contributed by atoms with van der Waals surface area (Å²) in [4.78, 5) is 11.7. The fraction of sp³-hybridized carbons (Fsp3) is 0.188. The standard InChI is InChI=1S/C16H16FNO3/c1-9(2)16(21)18-13-8-11(4-6-15(13)20)10-3-5-14(19)12(17)7-10/h3-9,19-20H,1-2H3,(H,18,21). The van der Waals surface area contributed by atoms with Crippen LogP contribution >= 0.6 is 0 Å². The van der Waals surface area contributed by atoms with Crippen LogP contribution in [0, 0.1) is 11.7 Å². The van der Waals surface area contributed by atoms with Gasteiger partial charge in [-0.25, -0.2) is 4.39 Å². The van der Waals surface area contributed by atoms with Gasteiger partial charge in [-0.3, -0.25) is 4.79 Å². The maximum absolute atomic E-state index is 13.4. The third-order valence-electron chi connectivity index (χ3n) is 3.06. The highest BCUT2D eigenvalue weighted by Crippen LogP contribution is 2.31. The van der Waals surface area contributed by atoms with Crippen LogP contribution < -0.4 is 5.32 Å². The van der Waals surface area contributed by atoms with Gasteiger partial charge in [0, 0.05) is 5.92 Å². The first-order chi connectivity index (χ1) is 9.88. The van der Waals surface area contributed by atoms with Gasteiger partial charge < -0.3 is 15.5 Å². The van der Waals surface area contributed by atoms with Crippen molar-refractivity contribution in [3.05, 3.63) is 42.2 Å². The Morgan fingerprint density at radius 1 is 1.05 bits per heavy atom. The monoisotopic (exact) mass is 289 g/mol. The van der Waals surface area contributed by atoms with Gasteiger partial charge in [0.1, 0.15) is 5.75 Å². The summed E-state index contributed by atoms with van der Waals surface area (Å²) in [6.45, 7) is 3.48. The molecule has 4 nitrogen and oxygen atoms in total. The van der Waals surface area contributed by atoms with E-state index < -0.39 is 11.6 Å². The summed E-state index contributed by atoms with van der Waals surface area (Å²) in [6.07, 6.45) is 0. The molecule has 0 saturated carbocycles. The highest BCUT2D eigenvalue weighted by atomic mass is 19.1. The minimum atomic E-state index is -0.728. The van der Waals surface area contributed by atoms with Crippen LogP contribution in [0.4, 0.5) is 10.1 Å². The molecule has 0 aliphatic heterocycles. The van der Waals surface area contributed by atoms with Crippen molar-refractivity contribution in [3.8, 4) is 22.6 Å². The van der Waals surface area contributed by atoms with Crippen molar-refractivity contribution in [1.29, 1.82) is 0 Å². The Labute approximate surface area is 121 Å². The van der Waals surface area contributed by atoms with Gasteiger partial charge in [0.2, 0.25) is 5.91 Å². The first kappa shape index (κ1) is 14.8. The number of carbonyl (C=O) groups is 1. The number of anilines is 1.